The Kier molecular flexibility index (Phi) is 7.15. The molecule has 1 saturated heterocycles. The lowest BCUT2D eigenvalue weighted by atomic mass is 10.0. The number of benzene rings is 3. The van der Waals surface area contributed by atoms with Gasteiger partial charge in [-0.2, -0.15) is 4.31 Å². The quantitative estimate of drug-likeness (QED) is 0.342. The van der Waals surface area contributed by atoms with Crippen LogP contribution >= 0.6 is 0 Å². The molecule has 182 valence electrons. The van der Waals surface area contributed by atoms with E-state index in [4.69, 9.17) is 9.94 Å². The smallest absolute Gasteiger partial charge is 0.261 e. The molecule has 3 aromatic rings. The highest BCUT2D eigenvalue weighted by Gasteiger charge is 2.44. The molecule has 2 atom stereocenters. The van der Waals surface area contributed by atoms with Crippen LogP contribution in [0.5, 0.6) is 5.75 Å². The summed E-state index contributed by atoms with van der Waals surface area (Å²) in [5, 5.41) is 12.0. The van der Waals surface area contributed by atoms with Crippen molar-refractivity contribution in [3.05, 3.63) is 84.4 Å². The highest BCUT2D eigenvalue weighted by molar-refractivity contribution is 7.89. The highest BCUT2D eigenvalue weighted by atomic mass is 32.2. The lowest BCUT2D eigenvalue weighted by Crippen LogP contribution is -2.45. The van der Waals surface area contributed by atoms with Gasteiger partial charge in [0.2, 0.25) is 10.0 Å². The van der Waals surface area contributed by atoms with Crippen LogP contribution in [0.1, 0.15) is 16.8 Å². The van der Waals surface area contributed by atoms with Crippen molar-refractivity contribution in [2.45, 2.75) is 23.4 Å². The van der Waals surface area contributed by atoms with Crippen LogP contribution in [0.3, 0.4) is 0 Å². The molecular formula is C25H25N3O6S. The molecule has 4 rings (SSSR count). The van der Waals surface area contributed by atoms with Crippen LogP contribution < -0.4 is 15.5 Å². The van der Waals surface area contributed by atoms with E-state index < -0.39 is 28.0 Å². The van der Waals surface area contributed by atoms with Gasteiger partial charge >= 0.3 is 0 Å². The number of rotatable bonds is 7. The van der Waals surface area contributed by atoms with Crippen molar-refractivity contribution in [3.63, 3.8) is 0 Å². The summed E-state index contributed by atoms with van der Waals surface area (Å²) in [5.74, 6) is -0.772. The fourth-order valence-electron chi connectivity index (χ4n) is 4.09. The number of ether oxygens (including phenoxy) is 1. The number of sulfonamides is 1. The molecule has 2 amide bonds. The number of hydrogen-bond acceptors (Lipinski definition) is 6. The topological polar surface area (TPSA) is 125 Å². The summed E-state index contributed by atoms with van der Waals surface area (Å²) in [7, 11) is -2.62. The second-order valence-corrected chi connectivity index (χ2v) is 9.98. The lowest BCUT2D eigenvalue weighted by Gasteiger charge is -2.22. The molecule has 0 bridgehead atoms. The summed E-state index contributed by atoms with van der Waals surface area (Å²) in [6.07, 6.45) is 0.00954. The van der Waals surface area contributed by atoms with E-state index in [2.05, 4.69) is 5.32 Å². The Bertz CT molecular complexity index is 1300. The SMILES string of the molecule is COc1ccc(S(=O)(=O)N2C[C@@H](NC(=O)c3ccc(-c4ccccc4)cc3)C[C@@H]2C(=O)NO)cc1. The summed E-state index contributed by atoms with van der Waals surface area (Å²) in [6.45, 7) is -0.125. The van der Waals surface area contributed by atoms with Gasteiger partial charge in [-0.15, -0.1) is 0 Å². The predicted molar refractivity (Wildman–Crippen MR) is 128 cm³/mol. The second-order valence-electron chi connectivity index (χ2n) is 8.09. The Hall–Kier alpha value is -3.73. The number of methoxy groups -OCH3 is 1. The first-order valence-corrected chi connectivity index (χ1v) is 12.3. The van der Waals surface area contributed by atoms with Gasteiger partial charge < -0.3 is 10.1 Å². The maximum Gasteiger partial charge on any atom is 0.261 e. The Balaban J connectivity index is 1.50. The van der Waals surface area contributed by atoms with Crippen LogP contribution in [0.4, 0.5) is 0 Å². The Morgan fingerprint density at radius 1 is 0.943 bits per heavy atom. The van der Waals surface area contributed by atoms with Crippen molar-refractivity contribution in [2.75, 3.05) is 13.7 Å². The first-order valence-electron chi connectivity index (χ1n) is 10.9. The standard InChI is InChI=1S/C25H25N3O6S/c1-34-21-11-13-22(14-12-21)35(32,33)28-16-20(15-23(28)25(30)27-31)26-24(29)19-9-7-18(8-10-19)17-5-3-2-4-6-17/h2-14,20,23,31H,15-16H2,1H3,(H,26,29)(H,27,30)/t20-,23+/m0/s1. The maximum atomic E-state index is 13.2. The lowest BCUT2D eigenvalue weighted by molar-refractivity contribution is -0.132. The van der Waals surface area contributed by atoms with E-state index in [0.29, 0.717) is 11.3 Å². The average Bonchev–Trinajstić information content (AvgIpc) is 3.33. The molecule has 1 heterocycles. The maximum absolute atomic E-state index is 13.2. The summed E-state index contributed by atoms with van der Waals surface area (Å²) in [4.78, 5) is 25.1. The molecule has 0 spiro atoms. The van der Waals surface area contributed by atoms with E-state index in [1.165, 1.54) is 36.9 Å². The summed E-state index contributed by atoms with van der Waals surface area (Å²) >= 11 is 0. The molecule has 0 aliphatic carbocycles. The van der Waals surface area contributed by atoms with Gasteiger partial charge in [0.15, 0.2) is 0 Å². The molecular weight excluding hydrogens is 470 g/mol. The van der Waals surface area contributed by atoms with Crippen LogP contribution in [0.15, 0.2) is 83.8 Å². The van der Waals surface area contributed by atoms with Gasteiger partial charge in [0.1, 0.15) is 11.8 Å². The molecule has 3 aromatic carbocycles. The third-order valence-corrected chi connectivity index (χ3v) is 7.81. The van der Waals surface area contributed by atoms with Crippen LogP contribution in [0.25, 0.3) is 11.1 Å². The van der Waals surface area contributed by atoms with Crippen molar-refractivity contribution in [1.29, 1.82) is 0 Å². The number of nitrogens with zero attached hydrogens (tertiary/aromatic N) is 1. The molecule has 10 heteroatoms. The summed E-state index contributed by atoms with van der Waals surface area (Å²) < 4.78 is 32.6. The predicted octanol–water partition coefficient (Wildman–Crippen LogP) is 2.43. The van der Waals surface area contributed by atoms with Gasteiger partial charge in [-0.1, -0.05) is 42.5 Å². The summed E-state index contributed by atoms with van der Waals surface area (Å²) in [6, 6.07) is 20.7. The third kappa shape index (κ3) is 5.19. The fraction of sp³-hybridized carbons (Fsp3) is 0.200. The zero-order valence-electron chi connectivity index (χ0n) is 18.9. The monoisotopic (exact) mass is 495 g/mol. The Morgan fingerprint density at radius 3 is 2.17 bits per heavy atom. The van der Waals surface area contributed by atoms with Crippen LogP contribution in [-0.2, 0) is 14.8 Å². The molecule has 35 heavy (non-hydrogen) atoms. The Morgan fingerprint density at radius 2 is 1.57 bits per heavy atom. The zero-order chi connectivity index (χ0) is 25.0. The van der Waals surface area contributed by atoms with Gasteiger partial charge in [0.25, 0.3) is 11.8 Å². The molecule has 1 aliphatic rings. The zero-order valence-corrected chi connectivity index (χ0v) is 19.7. The molecule has 3 N–H and O–H groups in total. The van der Waals surface area contributed by atoms with Crippen LogP contribution in [0.2, 0.25) is 0 Å². The number of amides is 2. The molecule has 9 nitrogen and oxygen atoms in total. The second kappa shape index (κ2) is 10.3. The van der Waals surface area contributed by atoms with Crippen molar-refractivity contribution < 1.29 is 28.0 Å². The molecule has 0 unspecified atom stereocenters. The Labute approximate surface area is 203 Å². The van der Waals surface area contributed by atoms with Crippen molar-refractivity contribution in [3.8, 4) is 16.9 Å². The molecule has 0 radical (unpaired) electrons. The number of carbonyl (C=O) groups excluding carboxylic acids is 2. The summed E-state index contributed by atoms with van der Waals surface area (Å²) in [5.41, 5.74) is 3.91. The average molecular weight is 496 g/mol. The minimum atomic E-state index is -4.08. The normalized spacial score (nSPS) is 18.1. The van der Waals surface area contributed by atoms with E-state index in [-0.39, 0.29) is 23.8 Å². The van der Waals surface area contributed by atoms with E-state index in [9.17, 15) is 18.0 Å². The largest absolute Gasteiger partial charge is 0.497 e. The van der Waals surface area contributed by atoms with E-state index in [1.807, 2.05) is 42.5 Å². The van der Waals surface area contributed by atoms with Gasteiger partial charge in [-0.05, 0) is 53.9 Å². The fourth-order valence-corrected chi connectivity index (χ4v) is 5.73. The van der Waals surface area contributed by atoms with Gasteiger partial charge in [-0.3, -0.25) is 14.8 Å². The number of hydroxylamine groups is 1. The van der Waals surface area contributed by atoms with Gasteiger partial charge in [-0.25, -0.2) is 13.9 Å². The van der Waals surface area contributed by atoms with Crippen LogP contribution in [0, 0.1) is 0 Å². The molecule has 1 fully saturated rings. The van der Waals surface area contributed by atoms with Crippen LogP contribution in [-0.4, -0.2) is 55.5 Å². The minimum Gasteiger partial charge on any atom is -0.497 e. The first-order chi connectivity index (χ1) is 16.8. The van der Waals surface area contributed by atoms with Crippen molar-refractivity contribution in [2.24, 2.45) is 0 Å². The molecule has 0 saturated carbocycles. The van der Waals surface area contributed by atoms with Crippen molar-refractivity contribution in [1.82, 2.24) is 15.1 Å². The molecule has 0 aromatic heterocycles. The van der Waals surface area contributed by atoms with Crippen molar-refractivity contribution >= 4 is 21.8 Å². The van der Waals surface area contributed by atoms with E-state index in [0.717, 1.165) is 15.4 Å². The minimum absolute atomic E-state index is 0.00954. The molecule has 1 aliphatic heterocycles. The van der Waals surface area contributed by atoms with Gasteiger partial charge in [0.05, 0.1) is 12.0 Å². The van der Waals surface area contributed by atoms with E-state index >= 15 is 0 Å². The number of hydrogen-bond donors (Lipinski definition) is 3. The highest BCUT2D eigenvalue weighted by Crippen LogP contribution is 2.28. The third-order valence-electron chi connectivity index (χ3n) is 5.92. The number of carbonyl (C=O) groups is 2. The van der Waals surface area contributed by atoms with E-state index in [1.54, 1.807) is 12.1 Å². The van der Waals surface area contributed by atoms with Gasteiger partial charge in [0, 0.05) is 18.2 Å². The first kappa shape index (κ1) is 24.4. The number of nitrogens with one attached hydrogen (secondary N) is 2.